The average molecular weight is 599 g/mol. The summed E-state index contributed by atoms with van der Waals surface area (Å²) in [5, 5.41) is 13.8. The lowest BCUT2D eigenvalue weighted by Gasteiger charge is -2.31. The van der Waals surface area contributed by atoms with Gasteiger partial charge in [-0.1, -0.05) is 48.0 Å². The number of hydrogen-bond acceptors (Lipinski definition) is 6. The van der Waals surface area contributed by atoms with Crippen molar-refractivity contribution in [1.82, 2.24) is 10.6 Å². The Kier molecular flexibility index (Phi) is 10.4. The van der Waals surface area contributed by atoms with Crippen molar-refractivity contribution >= 4 is 44.9 Å². The number of hydrogen-bond donors (Lipinski definition) is 4. The highest BCUT2D eigenvalue weighted by Crippen LogP contribution is 2.30. The molecule has 1 amide bonds. The highest BCUT2D eigenvalue weighted by molar-refractivity contribution is 7.92. The summed E-state index contributed by atoms with van der Waals surface area (Å²) in [6.45, 7) is 3.33. The number of anilines is 2. The Labute approximate surface area is 234 Å². The summed E-state index contributed by atoms with van der Waals surface area (Å²) in [5.74, 6) is -3.07. The minimum atomic E-state index is -5.08. The number of nitrogens with zero attached hydrogens (tertiary/aromatic N) is 1. The molecule has 4 rings (SSSR count). The standard InChI is InChI=1S/C24H25ClN4O3S.C2HF3O2/c25-21-9-5-4-6-19(21)17-27-24(30)18-10-11-23(29-14-12-26-13-15-29)22(16-18)28-33(31,32)20-7-2-1-3-8-20;3-2(4,5)1(6)7/h1-11,16,26,28H,12-15,17H2,(H,27,30);(H,6,7). The number of carboxylic acids is 1. The first-order chi connectivity index (χ1) is 18.9. The molecule has 9 nitrogen and oxygen atoms in total. The first kappa shape index (κ1) is 30.7. The number of halogens is 4. The predicted octanol–water partition coefficient (Wildman–Crippen LogP) is 4.11. The molecule has 214 valence electrons. The maximum Gasteiger partial charge on any atom is 0.490 e. The van der Waals surface area contributed by atoms with Crippen LogP contribution in [0.3, 0.4) is 0 Å². The second-order valence-electron chi connectivity index (χ2n) is 8.46. The maximum atomic E-state index is 13.0. The van der Waals surface area contributed by atoms with Gasteiger partial charge in [0.05, 0.1) is 16.3 Å². The van der Waals surface area contributed by atoms with E-state index in [1.807, 2.05) is 18.2 Å². The molecule has 0 bridgehead atoms. The number of amides is 1. The largest absolute Gasteiger partial charge is 0.490 e. The van der Waals surface area contributed by atoms with Crippen molar-refractivity contribution in [2.45, 2.75) is 17.6 Å². The SMILES string of the molecule is O=C(NCc1ccccc1Cl)c1ccc(N2CCNCC2)c(NS(=O)(=O)c2ccccc2)c1.O=C(O)C(F)(F)F. The van der Waals surface area contributed by atoms with Crippen molar-refractivity contribution in [2.24, 2.45) is 0 Å². The maximum absolute atomic E-state index is 13.0. The number of sulfonamides is 1. The van der Waals surface area contributed by atoms with Crippen LogP contribution >= 0.6 is 11.6 Å². The predicted molar refractivity (Wildman–Crippen MR) is 145 cm³/mol. The normalized spacial score (nSPS) is 13.6. The summed E-state index contributed by atoms with van der Waals surface area (Å²) in [6, 6.07) is 20.5. The van der Waals surface area contributed by atoms with Crippen molar-refractivity contribution in [3.63, 3.8) is 0 Å². The summed E-state index contributed by atoms with van der Waals surface area (Å²) >= 11 is 6.18. The van der Waals surface area contributed by atoms with E-state index < -0.39 is 22.2 Å². The van der Waals surface area contributed by atoms with E-state index in [1.54, 1.807) is 42.5 Å². The summed E-state index contributed by atoms with van der Waals surface area (Å²) in [6.07, 6.45) is -5.08. The fourth-order valence-electron chi connectivity index (χ4n) is 3.66. The summed E-state index contributed by atoms with van der Waals surface area (Å²) in [5.41, 5.74) is 2.26. The smallest absolute Gasteiger partial charge is 0.475 e. The molecule has 0 aliphatic carbocycles. The van der Waals surface area contributed by atoms with Crippen molar-refractivity contribution in [1.29, 1.82) is 0 Å². The molecule has 14 heteroatoms. The molecule has 0 aromatic heterocycles. The topological polar surface area (TPSA) is 128 Å². The average Bonchev–Trinajstić information content (AvgIpc) is 2.93. The zero-order valence-electron chi connectivity index (χ0n) is 20.9. The van der Waals surface area contributed by atoms with Crippen LogP contribution in [-0.2, 0) is 21.4 Å². The van der Waals surface area contributed by atoms with Gasteiger partial charge < -0.3 is 20.6 Å². The number of alkyl halides is 3. The molecule has 1 fully saturated rings. The van der Waals surface area contributed by atoms with E-state index >= 15 is 0 Å². The Morgan fingerprint density at radius 2 is 1.57 bits per heavy atom. The van der Waals surface area contributed by atoms with E-state index in [2.05, 4.69) is 20.3 Å². The molecular formula is C26H26ClF3N4O5S. The van der Waals surface area contributed by atoms with Crippen molar-refractivity contribution < 1.29 is 36.3 Å². The quantitative estimate of drug-likeness (QED) is 0.322. The molecule has 3 aromatic rings. The fraction of sp³-hybridized carbons (Fsp3) is 0.231. The Morgan fingerprint density at radius 1 is 0.975 bits per heavy atom. The van der Waals surface area contributed by atoms with Crippen LogP contribution in [0, 0.1) is 0 Å². The Bertz CT molecular complexity index is 1430. The molecule has 1 aliphatic heterocycles. The van der Waals surface area contributed by atoms with Crippen LogP contribution in [0.2, 0.25) is 5.02 Å². The second-order valence-corrected chi connectivity index (χ2v) is 10.6. The van der Waals surface area contributed by atoms with E-state index in [1.165, 1.54) is 12.1 Å². The Balaban J connectivity index is 0.000000559. The van der Waals surface area contributed by atoms with Crippen LogP contribution in [0.4, 0.5) is 24.5 Å². The second kappa shape index (κ2) is 13.5. The van der Waals surface area contributed by atoms with Crippen LogP contribution in [0.25, 0.3) is 0 Å². The summed E-state index contributed by atoms with van der Waals surface area (Å²) in [7, 11) is -3.82. The van der Waals surface area contributed by atoms with Crippen LogP contribution in [0.5, 0.6) is 0 Å². The molecule has 0 atom stereocenters. The molecule has 0 unspecified atom stereocenters. The van der Waals surface area contributed by atoms with Crippen LogP contribution < -0.4 is 20.3 Å². The minimum Gasteiger partial charge on any atom is -0.475 e. The van der Waals surface area contributed by atoms with Gasteiger partial charge in [0.2, 0.25) is 0 Å². The lowest BCUT2D eigenvalue weighted by Crippen LogP contribution is -2.43. The number of benzene rings is 3. The van der Waals surface area contributed by atoms with E-state index in [4.69, 9.17) is 21.5 Å². The van der Waals surface area contributed by atoms with Gasteiger partial charge in [-0.15, -0.1) is 0 Å². The van der Waals surface area contributed by atoms with Crippen LogP contribution in [0.15, 0.2) is 77.7 Å². The monoisotopic (exact) mass is 598 g/mol. The van der Waals surface area contributed by atoms with E-state index in [0.29, 0.717) is 16.3 Å². The van der Waals surface area contributed by atoms with Gasteiger partial charge in [0.15, 0.2) is 0 Å². The molecule has 1 saturated heterocycles. The molecule has 1 heterocycles. The highest BCUT2D eigenvalue weighted by Gasteiger charge is 2.38. The van der Waals surface area contributed by atoms with Gasteiger partial charge in [-0.05, 0) is 42.0 Å². The minimum absolute atomic E-state index is 0.157. The first-order valence-corrected chi connectivity index (χ1v) is 13.7. The molecule has 4 N–H and O–H groups in total. The summed E-state index contributed by atoms with van der Waals surface area (Å²) < 4.78 is 60.4. The Hall–Kier alpha value is -3.81. The van der Waals surface area contributed by atoms with Gasteiger partial charge in [0, 0.05) is 43.3 Å². The van der Waals surface area contributed by atoms with Gasteiger partial charge in [-0.2, -0.15) is 13.2 Å². The molecule has 0 saturated carbocycles. The van der Waals surface area contributed by atoms with E-state index in [9.17, 15) is 26.4 Å². The number of piperazine rings is 1. The van der Waals surface area contributed by atoms with Gasteiger partial charge in [-0.3, -0.25) is 9.52 Å². The van der Waals surface area contributed by atoms with Gasteiger partial charge in [-0.25, -0.2) is 13.2 Å². The third-order valence-corrected chi connectivity index (χ3v) is 7.40. The van der Waals surface area contributed by atoms with Crippen LogP contribution in [0.1, 0.15) is 15.9 Å². The molecule has 0 spiro atoms. The zero-order valence-corrected chi connectivity index (χ0v) is 22.5. The van der Waals surface area contributed by atoms with Gasteiger partial charge in [0.25, 0.3) is 15.9 Å². The number of carboxylic acid groups (broad SMARTS) is 1. The number of nitrogens with one attached hydrogen (secondary N) is 3. The Morgan fingerprint density at radius 3 is 2.17 bits per heavy atom. The highest BCUT2D eigenvalue weighted by atomic mass is 35.5. The van der Waals surface area contributed by atoms with Gasteiger partial charge >= 0.3 is 12.1 Å². The third kappa shape index (κ3) is 8.60. The molecule has 40 heavy (non-hydrogen) atoms. The van der Waals surface area contributed by atoms with Crippen molar-refractivity contribution in [3.8, 4) is 0 Å². The molecule has 1 aliphatic rings. The lowest BCUT2D eigenvalue weighted by molar-refractivity contribution is -0.192. The lowest BCUT2D eigenvalue weighted by atomic mass is 10.1. The first-order valence-electron chi connectivity index (χ1n) is 11.9. The number of carbonyl (C=O) groups excluding carboxylic acids is 1. The molecule has 0 radical (unpaired) electrons. The number of aliphatic carboxylic acids is 1. The number of rotatable bonds is 7. The van der Waals surface area contributed by atoms with Gasteiger partial charge in [0.1, 0.15) is 0 Å². The fourth-order valence-corrected chi connectivity index (χ4v) is 4.95. The van der Waals surface area contributed by atoms with Crippen molar-refractivity contribution in [3.05, 3.63) is 88.9 Å². The van der Waals surface area contributed by atoms with E-state index in [0.717, 1.165) is 37.4 Å². The third-order valence-electron chi connectivity index (χ3n) is 5.65. The zero-order chi connectivity index (χ0) is 29.3. The number of carbonyl (C=O) groups is 2. The summed E-state index contributed by atoms with van der Waals surface area (Å²) in [4.78, 5) is 24.0. The van der Waals surface area contributed by atoms with E-state index in [-0.39, 0.29) is 17.3 Å². The van der Waals surface area contributed by atoms with Crippen LogP contribution in [-0.4, -0.2) is 57.8 Å². The molecular weight excluding hydrogens is 573 g/mol. The van der Waals surface area contributed by atoms with Crippen molar-refractivity contribution in [2.75, 3.05) is 35.8 Å². The molecule has 3 aromatic carbocycles.